The van der Waals surface area contributed by atoms with Crippen LogP contribution in [0, 0.1) is 12.8 Å². The van der Waals surface area contributed by atoms with Crippen molar-refractivity contribution in [1.29, 1.82) is 0 Å². The van der Waals surface area contributed by atoms with Crippen LogP contribution in [0.15, 0.2) is 48.5 Å². The van der Waals surface area contributed by atoms with Crippen molar-refractivity contribution in [3.8, 4) is 5.75 Å². The summed E-state index contributed by atoms with van der Waals surface area (Å²) in [6.45, 7) is 3.82. The van der Waals surface area contributed by atoms with Crippen LogP contribution in [-0.4, -0.2) is 19.0 Å². The number of benzene rings is 2. The second-order valence-electron chi connectivity index (χ2n) is 6.37. The van der Waals surface area contributed by atoms with Gasteiger partial charge in [-0.3, -0.25) is 4.79 Å². The third-order valence-electron chi connectivity index (χ3n) is 4.14. The molecule has 2 aromatic rings. The zero-order valence-corrected chi connectivity index (χ0v) is 15.3. The molecule has 0 spiro atoms. The van der Waals surface area contributed by atoms with E-state index in [4.69, 9.17) is 4.74 Å². The van der Waals surface area contributed by atoms with Crippen LogP contribution in [0.4, 0.5) is 5.69 Å². The number of halogens is 1. The average Bonchev–Trinajstić information content (AvgIpc) is 3.40. The maximum atomic E-state index is 12.0. The highest BCUT2D eigenvalue weighted by atomic mass is 35.5. The Hall–Kier alpha value is -2.04. The first-order chi connectivity index (χ1) is 11.7. The van der Waals surface area contributed by atoms with Crippen LogP contribution in [0.2, 0.25) is 0 Å². The van der Waals surface area contributed by atoms with Crippen molar-refractivity contribution in [1.82, 2.24) is 5.32 Å². The zero-order chi connectivity index (χ0) is 16.8. The molecule has 0 aromatic heterocycles. The lowest BCUT2D eigenvalue weighted by Crippen LogP contribution is -2.29. The van der Waals surface area contributed by atoms with Gasteiger partial charge >= 0.3 is 0 Å². The van der Waals surface area contributed by atoms with Crippen molar-refractivity contribution in [2.24, 2.45) is 5.92 Å². The van der Waals surface area contributed by atoms with E-state index in [1.807, 2.05) is 55.5 Å². The number of nitrogens with one attached hydrogen (secondary N) is 2. The lowest BCUT2D eigenvalue weighted by Gasteiger charge is -2.12. The average molecular weight is 361 g/mol. The first-order valence-corrected chi connectivity index (χ1v) is 8.48. The number of carbonyl (C=O) groups is 1. The molecule has 5 heteroatoms. The summed E-state index contributed by atoms with van der Waals surface area (Å²) in [5.74, 6) is 1.58. The van der Waals surface area contributed by atoms with Gasteiger partial charge in [-0.1, -0.05) is 30.3 Å². The van der Waals surface area contributed by atoms with E-state index in [1.54, 1.807) is 0 Å². The number of hydrogen-bond acceptors (Lipinski definition) is 3. The molecule has 1 saturated carbocycles. The fourth-order valence-corrected chi connectivity index (χ4v) is 2.51. The predicted molar refractivity (Wildman–Crippen MR) is 103 cm³/mol. The Morgan fingerprint density at radius 3 is 2.60 bits per heavy atom. The number of aryl methyl sites for hydroxylation is 1. The fourth-order valence-electron chi connectivity index (χ4n) is 2.51. The highest BCUT2D eigenvalue weighted by Gasteiger charge is 2.20. The van der Waals surface area contributed by atoms with Crippen molar-refractivity contribution >= 4 is 24.0 Å². The van der Waals surface area contributed by atoms with Crippen LogP contribution < -0.4 is 15.4 Å². The molecule has 1 aliphatic rings. The molecule has 0 radical (unpaired) electrons. The lowest BCUT2D eigenvalue weighted by atomic mass is 10.2. The van der Waals surface area contributed by atoms with Crippen LogP contribution in [0.5, 0.6) is 5.75 Å². The molecule has 2 N–H and O–H groups in total. The molecule has 3 rings (SSSR count). The summed E-state index contributed by atoms with van der Waals surface area (Å²) in [7, 11) is 0. The van der Waals surface area contributed by atoms with E-state index in [-0.39, 0.29) is 18.3 Å². The predicted octanol–water partition coefficient (Wildman–Crippen LogP) is 3.93. The minimum atomic E-state index is -0.00305. The van der Waals surface area contributed by atoms with Crippen molar-refractivity contribution < 1.29 is 9.53 Å². The maximum absolute atomic E-state index is 12.0. The summed E-state index contributed by atoms with van der Waals surface area (Å²) >= 11 is 0. The third-order valence-corrected chi connectivity index (χ3v) is 4.14. The van der Waals surface area contributed by atoms with Gasteiger partial charge in [-0.15, -0.1) is 12.4 Å². The summed E-state index contributed by atoms with van der Waals surface area (Å²) in [5.41, 5.74) is 2.96. The Bertz CT molecular complexity index is 687. The highest BCUT2D eigenvalue weighted by molar-refractivity contribution is 5.93. The van der Waals surface area contributed by atoms with E-state index in [0.29, 0.717) is 13.2 Å². The van der Waals surface area contributed by atoms with Gasteiger partial charge in [0.25, 0.3) is 0 Å². The number of carbonyl (C=O) groups excluding carboxylic acids is 1. The Labute approximate surface area is 155 Å². The van der Waals surface area contributed by atoms with Gasteiger partial charge in [-0.2, -0.15) is 0 Å². The molecule has 0 bridgehead atoms. The fraction of sp³-hybridized carbons (Fsp3) is 0.350. The number of anilines is 1. The van der Waals surface area contributed by atoms with E-state index in [0.717, 1.165) is 35.0 Å². The molecular formula is C20H25ClN2O2. The van der Waals surface area contributed by atoms with Crippen molar-refractivity contribution in [3.63, 3.8) is 0 Å². The largest absolute Gasteiger partial charge is 0.489 e. The molecule has 0 saturated heterocycles. The second kappa shape index (κ2) is 9.44. The summed E-state index contributed by atoms with van der Waals surface area (Å²) < 4.78 is 5.81. The minimum Gasteiger partial charge on any atom is -0.489 e. The molecule has 2 aromatic carbocycles. The lowest BCUT2D eigenvalue weighted by molar-refractivity contribution is -0.115. The molecular weight excluding hydrogens is 336 g/mol. The quantitative estimate of drug-likeness (QED) is 0.749. The zero-order valence-electron chi connectivity index (χ0n) is 14.5. The molecule has 0 unspecified atom stereocenters. The Balaban J connectivity index is 0.00000225. The molecule has 0 atom stereocenters. The smallest absolute Gasteiger partial charge is 0.238 e. The summed E-state index contributed by atoms with van der Waals surface area (Å²) in [6.07, 6.45) is 2.58. The first kappa shape index (κ1) is 19.3. The minimum absolute atomic E-state index is 0. The molecule has 25 heavy (non-hydrogen) atoms. The van der Waals surface area contributed by atoms with Gasteiger partial charge < -0.3 is 15.4 Å². The monoisotopic (exact) mass is 360 g/mol. The van der Waals surface area contributed by atoms with Crippen LogP contribution in [0.25, 0.3) is 0 Å². The Kier molecular flexibility index (Phi) is 7.29. The molecule has 1 amide bonds. The Morgan fingerprint density at radius 2 is 1.92 bits per heavy atom. The van der Waals surface area contributed by atoms with Crippen molar-refractivity contribution in [2.75, 3.05) is 18.4 Å². The number of ether oxygens (including phenoxy) is 1. The summed E-state index contributed by atoms with van der Waals surface area (Å²) in [4.78, 5) is 12.0. The maximum Gasteiger partial charge on any atom is 0.238 e. The molecule has 1 fully saturated rings. The van der Waals surface area contributed by atoms with Gasteiger partial charge in [-0.05, 0) is 61.6 Å². The molecule has 4 nitrogen and oxygen atoms in total. The van der Waals surface area contributed by atoms with Crippen molar-refractivity contribution in [3.05, 3.63) is 59.7 Å². The van der Waals surface area contributed by atoms with Crippen LogP contribution in [0.1, 0.15) is 24.0 Å². The molecule has 1 aliphatic carbocycles. The third kappa shape index (κ3) is 6.40. The molecule has 0 aliphatic heterocycles. The number of hydrogen-bond donors (Lipinski definition) is 2. The van der Waals surface area contributed by atoms with E-state index >= 15 is 0 Å². The standard InChI is InChI=1S/C20H24N2O2.ClH/c1-15-11-18(24-14-17-5-3-2-4-6-17)9-10-19(15)22-20(23)13-21-12-16-7-8-16;/h2-6,9-11,16,21H,7-8,12-14H2,1H3,(H,22,23);1H. The van der Waals surface area contributed by atoms with Gasteiger partial charge in [-0.25, -0.2) is 0 Å². The van der Waals surface area contributed by atoms with Gasteiger partial charge in [0.2, 0.25) is 5.91 Å². The summed E-state index contributed by atoms with van der Waals surface area (Å²) in [6, 6.07) is 15.8. The highest BCUT2D eigenvalue weighted by Crippen LogP contribution is 2.27. The summed E-state index contributed by atoms with van der Waals surface area (Å²) in [5, 5.41) is 6.15. The van der Waals surface area contributed by atoms with Gasteiger partial charge in [0.05, 0.1) is 6.54 Å². The Morgan fingerprint density at radius 1 is 1.16 bits per heavy atom. The normalized spacial score (nSPS) is 13.0. The van der Waals surface area contributed by atoms with Crippen molar-refractivity contribution in [2.45, 2.75) is 26.4 Å². The van der Waals surface area contributed by atoms with Gasteiger partial charge in [0.15, 0.2) is 0 Å². The van der Waals surface area contributed by atoms with Crippen LogP contribution in [0.3, 0.4) is 0 Å². The van der Waals surface area contributed by atoms with Crippen LogP contribution in [-0.2, 0) is 11.4 Å². The van der Waals surface area contributed by atoms with E-state index in [1.165, 1.54) is 12.8 Å². The topological polar surface area (TPSA) is 50.4 Å². The number of amides is 1. The molecule has 0 heterocycles. The van der Waals surface area contributed by atoms with E-state index < -0.39 is 0 Å². The van der Waals surface area contributed by atoms with Gasteiger partial charge in [0.1, 0.15) is 12.4 Å². The first-order valence-electron chi connectivity index (χ1n) is 8.48. The number of rotatable bonds is 8. The van der Waals surface area contributed by atoms with Crippen LogP contribution >= 0.6 is 12.4 Å². The molecule has 134 valence electrons. The van der Waals surface area contributed by atoms with E-state index in [9.17, 15) is 4.79 Å². The SMILES string of the molecule is Cc1cc(OCc2ccccc2)ccc1NC(=O)CNCC1CC1.Cl. The van der Waals surface area contributed by atoms with E-state index in [2.05, 4.69) is 10.6 Å². The van der Waals surface area contributed by atoms with Gasteiger partial charge in [0, 0.05) is 5.69 Å². The second-order valence-corrected chi connectivity index (χ2v) is 6.37.